The van der Waals surface area contributed by atoms with Crippen LogP contribution in [-0.4, -0.2) is 46.6 Å². The van der Waals surface area contributed by atoms with E-state index >= 15 is 0 Å². The van der Waals surface area contributed by atoms with Gasteiger partial charge in [0.05, 0.1) is 29.5 Å². The highest BCUT2D eigenvalue weighted by Gasteiger charge is 2.39. The van der Waals surface area contributed by atoms with E-state index in [0.717, 1.165) is 0 Å². The number of carbonyl (C=O) groups excluding carboxylic acids is 1. The molecule has 0 spiro atoms. The van der Waals surface area contributed by atoms with Gasteiger partial charge in [0.2, 0.25) is 10.0 Å². The molecule has 0 unspecified atom stereocenters. The van der Waals surface area contributed by atoms with Crippen LogP contribution >= 0.6 is 0 Å². The third-order valence-electron chi connectivity index (χ3n) is 5.47. The van der Waals surface area contributed by atoms with Gasteiger partial charge in [-0.2, -0.15) is 4.31 Å². The fourth-order valence-electron chi connectivity index (χ4n) is 3.96. The molecular formula is C22H25N3O6S. The molecule has 2 aromatic heterocycles. The minimum atomic E-state index is -3.52. The Morgan fingerprint density at radius 1 is 1.25 bits per heavy atom. The molecule has 1 aliphatic heterocycles. The molecule has 0 bridgehead atoms. The number of hydrogen-bond donors (Lipinski definition) is 0. The van der Waals surface area contributed by atoms with E-state index in [0.29, 0.717) is 42.5 Å². The number of carbonyl (C=O) groups is 1. The standard InChI is InChI=1S/C22H25N3O6S/c1-2-13-32(28,29)25-11-5-10-19(25)22(27)31-15-20-23-18-9-4-3-8-17(18)21(26)24(20)14-16-7-6-12-30-16/h3-4,6-9,12,19H,2,5,10-11,13-15H2,1H3/t19-/m0/s1. The Morgan fingerprint density at radius 3 is 2.81 bits per heavy atom. The van der Waals surface area contributed by atoms with Crippen LogP contribution in [0.15, 0.2) is 51.9 Å². The van der Waals surface area contributed by atoms with Crippen LogP contribution in [0.2, 0.25) is 0 Å². The summed E-state index contributed by atoms with van der Waals surface area (Å²) in [6.45, 7) is 1.97. The number of aromatic nitrogens is 2. The summed E-state index contributed by atoms with van der Waals surface area (Å²) in [5, 5.41) is 0.446. The van der Waals surface area contributed by atoms with Crippen LogP contribution in [0.1, 0.15) is 37.8 Å². The van der Waals surface area contributed by atoms with E-state index in [1.165, 1.54) is 15.1 Å². The summed E-state index contributed by atoms with van der Waals surface area (Å²) in [5.74, 6) is 0.184. The highest BCUT2D eigenvalue weighted by Crippen LogP contribution is 2.23. The highest BCUT2D eigenvalue weighted by atomic mass is 32.2. The molecule has 0 aliphatic carbocycles. The minimum absolute atomic E-state index is 0.00824. The molecule has 0 N–H and O–H groups in total. The van der Waals surface area contributed by atoms with E-state index in [9.17, 15) is 18.0 Å². The predicted molar refractivity (Wildman–Crippen MR) is 117 cm³/mol. The number of benzene rings is 1. The van der Waals surface area contributed by atoms with Crippen molar-refractivity contribution in [3.63, 3.8) is 0 Å². The summed E-state index contributed by atoms with van der Waals surface area (Å²) in [6.07, 6.45) is 2.99. The second-order valence-electron chi connectivity index (χ2n) is 7.71. The van der Waals surface area contributed by atoms with Gasteiger partial charge < -0.3 is 9.15 Å². The Balaban J connectivity index is 1.60. The van der Waals surface area contributed by atoms with Gasteiger partial charge in [-0.25, -0.2) is 13.4 Å². The lowest BCUT2D eigenvalue weighted by atomic mass is 10.2. The average molecular weight is 460 g/mol. The number of esters is 1. The zero-order valence-electron chi connectivity index (χ0n) is 17.8. The van der Waals surface area contributed by atoms with Gasteiger partial charge in [0, 0.05) is 6.54 Å². The van der Waals surface area contributed by atoms with Gasteiger partial charge in [-0.3, -0.25) is 14.2 Å². The SMILES string of the molecule is CCCS(=O)(=O)N1CCC[C@H]1C(=O)OCc1nc2ccccc2c(=O)n1Cc1ccco1. The van der Waals surface area contributed by atoms with E-state index in [-0.39, 0.29) is 30.3 Å². The fourth-order valence-corrected chi connectivity index (χ4v) is 5.70. The lowest BCUT2D eigenvalue weighted by Crippen LogP contribution is -2.42. The first kappa shape index (κ1) is 22.2. The number of sulfonamides is 1. The maximum absolute atomic E-state index is 13.1. The molecule has 1 fully saturated rings. The second kappa shape index (κ2) is 9.25. The quantitative estimate of drug-likeness (QED) is 0.475. The van der Waals surface area contributed by atoms with E-state index in [4.69, 9.17) is 9.15 Å². The zero-order chi connectivity index (χ0) is 22.7. The molecule has 1 saturated heterocycles. The zero-order valence-corrected chi connectivity index (χ0v) is 18.6. The third kappa shape index (κ3) is 4.46. The monoisotopic (exact) mass is 459 g/mol. The number of furan rings is 1. The molecule has 0 radical (unpaired) electrons. The van der Waals surface area contributed by atoms with Crippen molar-refractivity contribution in [2.45, 2.75) is 45.4 Å². The summed E-state index contributed by atoms with van der Waals surface area (Å²) < 4.78 is 38.5. The molecular weight excluding hydrogens is 434 g/mol. The van der Waals surface area contributed by atoms with Crippen molar-refractivity contribution in [2.75, 3.05) is 12.3 Å². The maximum Gasteiger partial charge on any atom is 0.324 e. The normalized spacial score (nSPS) is 17.1. The molecule has 32 heavy (non-hydrogen) atoms. The van der Waals surface area contributed by atoms with Crippen LogP contribution in [0.3, 0.4) is 0 Å². The van der Waals surface area contributed by atoms with Crippen LogP contribution in [0.4, 0.5) is 0 Å². The molecule has 9 nitrogen and oxygen atoms in total. The van der Waals surface area contributed by atoms with Crippen LogP contribution < -0.4 is 5.56 Å². The van der Waals surface area contributed by atoms with E-state index in [2.05, 4.69) is 4.98 Å². The van der Waals surface area contributed by atoms with Crippen molar-refractivity contribution in [2.24, 2.45) is 0 Å². The topological polar surface area (TPSA) is 112 Å². The van der Waals surface area contributed by atoms with Gasteiger partial charge in [0.15, 0.2) is 5.82 Å². The van der Waals surface area contributed by atoms with Gasteiger partial charge in [-0.15, -0.1) is 0 Å². The first-order valence-corrected chi connectivity index (χ1v) is 12.2. The van der Waals surface area contributed by atoms with Gasteiger partial charge in [-0.1, -0.05) is 19.1 Å². The Hall–Kier alpha value is -2.98. The summed E-state index contributed by atoms with van der Waals surface area (Å²) in [4.78, 5) is 30.4. The number of fused-ring (bicyclic) bond motifs is 1. The van der Waals surface area contributed by atoms with Crippen LogP contribution in [-0.2, 0) is 32.7 Å². The van der Waals surface area contributed by atoms with E-state index in [1.54, 1.807) is 43.3 Å². The van der Waals surface area contributed by atoms with Crippen molar-refractivity contribution in [1.82, 2.24) is 13.9 Å². The van der Waals surface area contributed by atoms with E-state index in [1.807, 2.05) is 0 Å². The highest BCUT2D eigenvalue weighted by molar-refractivity contribution is 7.89. The van der Waals surface area contributed by atoms with Crippen LogP contribution in [0.25, 0.3) is 10.9 Å². The van der Waals surface area contributed by atoms with Crippen molar-refractivity contribution >= 4 is 26.9 Å². The van der Waals surface area contributed by atoms with Crippen molar-refractivity contribution in [1.29, 1.82) is 0 Å². The van der Waals surface area contributed by atoms with Gasteiger partial charge >= 0.3 is 5.97 Å². The Labute approximate surface area is 185 Å². The fraction of sp³-hybridized carbons (Fsp3) is 0.409. The van der Waals surface area contributed by atoms with Gasteiger partial charge in [-0.05, 0) is 43.5 Å². The third-order valence-corrected chi connectivity index (χ3v) is 7.55. The minimum Gasteiger partial charge on any atom is -0.467 e. The van der Waals surface area contributed by atoms with Crippen LogP contribution in [0.5, 0.6) is 0 Å². The average Bonchev–Trinajstić information content (AvgIpc) is 3.47. The Bertz CT molecular complexity index is 1270. The summed E-state index contributed by atoms with van der Waals surface area (Å²) in [5.41, 5.74) is 0.221. The lowest BCUT2D eigenvalue weighted by molar-refractivity contribution is -0.149. The smallest absolute Gasteiger partial charge is 0.324 e. The first-order valence-electron chi connectivity index (χ1n) is 10.6. The molecule has 0 amide bonds. The molecule has 170 valence electrons. The predicted octanol–water partition coefficient (Wildman–Crippen LogP) is 2.29. The number of rotatable bonds is 8. The second-order valence-corrected chi connectivity index (χ2v) is 9.75. The molecule has 4 rings (SSSR count). The molecule has 10 heteroatoms. The van der Waals surface area contributed by atoms with Crippen molar-refractivity contribution in [3.8, 4) is 0 Å². The molecule has 0 saturated carbocycles. The van der Waals surface area contributed by atoms with E-state index < -0.39 is 22.0 Å². The summed E-state index contributed by atoms with van der Waals surface area (Å²) in [6, 6.07) is 9.55. The number of nitrogens with zero attached hydrogens (tertiary/aromatic N) is 3. The summed E-state index contributed by atoms with van der Waals surface area (Å²) in [7, 11) is -3.52. The van der Waals surface area contributed by atoms with Crippen molar-refractivity contribution < 1.29 is 22.4 Å². The number of para-hydroxylation sites is 1. The van der Waals surface area contributed by atoms with Gasteiger partial charge in [0.1, 0.15) is 18.4 Å². The number of hydrogen-bond acceptors (Lipinski definition) is 7. The summed E-state index contributed by atoms with van der Waals surface area (Å²) >= 11 is 0. The molecule has 3 aromatic rings. The first-order chi connectivity index (χ1) is 15.4. The Kier molecular flexibility index (Phi) is 6.43. The Morgan fingerprint density at radius 2 is 2.06 bits per heavy atom. The van der Waals surface area contributed by atoms with Gasteiger partial charge in [0.25, 0.3) is 5.56 Å². The lowest BCUT2D eigenvalue weighted by Gasteiger charge is -2.22. The molecule has 1 atom stereocenters. The number of ether oxygens (including phenoxy) is 1. The maximum atomic E-state index is 13.1. The van der Waals surface area contributed by atoms with Crippen LogP contribution in [0, 0.1) is 0 Å². The largest absolute Gasteiger partial charge is 0.467 e. The molecule has 3 heterocycles. The molecule has 1 aliphatic rings. The van der Waals surface area contributed by atoms with Crippen molar-refractivity contribution in [3.05, 3.63) is 64.6 Å². The molecule has 1 aromatic carbocycles.